The maximum atomic E-state index is 12.6. The van der Waals surface area contributed by atoms with E-state index in [0.717, 1.165) is 24.2 Å². The van der Waals surface area contributed by atoms with Crippen LogP contribution >= 0.6 is 0 Å². The molecule has 0 aliphatic heterocycles. The maximum absolute atomic E-state index is 12.6. The summed E-state index contributed by atoms with van der Waals surface area (Å²) >= 11 is 0. The third-order valence-electron chi connectivity index (χ3n) is 4.93. The van der Waals surface area contributed by atoms with Crippen molar-refractivity contribution in [1.82, 2.24) is 5.32 Å². The minimum Gasteiger partial charge on any atom is -0.493 e. The van der Waals surface area contributed by atoms with E-state index in [1.54, 1.807) is 14.2 Å². The van der Waals surface area contributed by atoms with Crippen molar-refractivity contribution in [3.05, 3.63) is 53.1 Å². The standard InChI is InChI=1S/C22H27NO4/c1-4-19(27-18-10-9-16-6-5-7-17(16)13-18)22(24)23-14-15-8-11-20(25-2)21(12-15)26-3/h8-13,19H,4-7,14H2,1-3H3,(H,23,24)/t19-/m1/s1. The van der Waals surface area contributed by atoms with E-state index < -0.39 is 6.10 Å². The van der Waals surface area contributed by atoms with Crippen molar-refractivity contribution in [2.45, 2.75) is 45.3 Å². The molecule has 0 saturated heterocycles. The van der Waals surface area contributed by atoms with Gasteiger partial charge in [-0.1, -0.05) is 19.1 Å². The lowest BCUT2D eigenvalue weighted by Crippen LogP contribution is -2.37. The number of ether oxygens (including phenoxy) is 3. The van der Waals surface area contributed by atoms with Gasteiger partial charge in [0.05, 0.1) is 14.2 Å². The number of carbonyl (C=O) groups is 1. The van der Waals surface area contributed by atoms with Crippen LogP contribution in [0.1, 0.15) is 36.5 Å². The van der Waals surface area contributed by atoms with Crippen LogP contribution in [0.2, 0.25) is 0 Å². The molecule has 0 radical (unpaired) electrons. The zero-order valence-electron chi connectivity index (χ0n) is 16.2. The number of rotatable bonds is 8. The van der Waals surface area contributed by atoms with Crippen molar-refractivity contribution in [3.63, 3.8) is 0 Å². The Labute approximate surface area is 160 Å². The van der Waals surface area contributed by atoms with Crippen LogP contribution in [0.4, 0.5) is 0 Å². The molecule has 1 aliphatic rings. The Bertz CT molecular complexity index is 803. The molecule has 2 aromatic rings. The molecule has 1 aliphatic carbocycles. The molecule has 0 bridgehead atoms. The molecular weight excluding hydrogens is 342 g/mol. The van der Waals surface area contributed by atoms with Crippen LogP contribution in [0.3, 0.4) is 0 Å². The molecule has 27 heavy (non-hydrogen) atoms. The first-order chi connectivity index (χ1) is 13.1. The molecule has 1 N–H and O–H groups in total. The van der Waals surface area contributed by atoms with Crippen LogP contribution in [0.25, 0.3) is 0 Å². The fraction of sp³-hybridized carbons (Fsp3) is 0.409. The van der Waals surface area contributed by atoms with Gasteiger partial charge in [-0.3, -0.25) is 4.79 Å². The molecule has 0 unspecified atom stereocenters. The maximum Gasteiger partial charge on any atom is 0.261 e. The van der Waals surface area contributed by atoms with E-state index in [1.165, 1.54) is 17.5 Å². The van der Waals surface area contributed by atoms with E-state index in [9.17, 15) is 4.79 Å². The van der Waals surface area contributed by atoms with E-state index in [2.05, 4.69) is 17.4 Å². The quantitative estimate of drug-likeness (QED) is 0.771. The highest BCUT2D eigenvalue weighted by molar-refractivity contribution is 5.81. The first-order valence-corrected chi connectivity index (χ1v) is 9.41. The largest absolute Gasteiger partial charge is 0.493 e. The Morgan fingerprint density at radius 1 is 1.04 bits per heavy atom. The molecule has 5 nitrogen and oxygen atoms in total. The summed E-state index contributed by atoms with van der Waals surface area (Å²) in [4.78, 5) is 12.6. The van der Waals surface area contributed by atoms with E-state index in [-0.39, 0.29) is 5.91 Å². The molecule has 5 heteroatoms. The lowest BCUT2D eigenvalue weighted by molar-refractivity contribution is -0.128. The number of fused-ring (bicyclic) bond motifs is 1. The van der Waals surface area contributed by atoms with Crippen molar-refractivity contribution >= 4 is 5.91 Å². The number of nitrogens with one attached hydrogen (secondary N) is 1. The molecule has 1 atom stereocenters. The number of methoxy groups -OCH3 is 2. The summed E-state index contributed by atoms with van der Waals surface area (Å²) in [5.41, 5.74) is 3.68. The van der Waals surface area contributed by atoms with Crippen LogP contribution in [0.15, 0.2) is 36.4 Å². The summed E-state index contributed by atoms with van der Waals surface area (Å²) in [6.45, 7) is 2.36. The van der Waals surface area contributed by atoms with Gasteiger partial charge in [-0.25, -0.2) is 0 Å². The van der Waals surface area contributed by atoms with E-state index in [4.69, 9.17) is 14.2 Å². The average molecular weight is 369 g/mol. The molecule has 144 valence electrons. The molecular formula is C22H27NO4. The minimum absolute atomic E-state index is 0.118. The van der Waals surface area contributed by atoms with Crippen LogP contribution in [-0.2, 0) is 24.2 Å². The number of amides is 1. The summed E-state index contributed by atoms with van der Waals surface area (Å²) < 4.78 is 16.5. The van der Waals surface area contributed by atoms with Gasteiger partial charge in [-0.15, -0.1) is 0 Å². The Morgan fingerprint density at radius 3 is 2.56 bits per heavy atom. The van der Waals surface area contributed by atoms with E-state index >= 15 is 0 Å². The number of aryl methyl sites for hydroxylation is 2. The third-order valence-corrected chi connectivity index (χ3v) is 4.93. The summed E-state index contributed by atoms with van der Waals surface area (Å²) in [7, 11) is 3.19. The molecule has 3 rings (SSSR count). The molecule has 1 amide bonds. The number of hydrogen-bond donors (Lipinski definition) is 1. The second kappa shape index (κ2) is 8.80. The highest BCUT2D eigenvalue weighted by atomic mass is 16.5. The van der Waals surface area contributed by atoms with Crippen molar-refractivity contribution in [3.8, 4) is 17.2 Å². The zero-order valence-corrected chi connectivity index (χ0v) is 16.2. The monoisotopic (exact) mass is 369 g/mol. The molecule has 0 saturated carbocycles. The van der Waals surface area contributed by atoms with Gasteiger partial charge < -0.3 is 19.5 Å². The van der Waals surface area contributed by atoms with Gasteiger partial charge in [-0.2, -0.15) is 0 Å². The van der Waals surface area contributed by atoms with Gasteiger partial charge in [0.1, 0.15) is 5.75 Å². The fourth-order valence-corrected chi connectivity index (χ4v) is 3.40. The Morgan fingerprint density at radius 2 is 1.81 bits per heavy atom. The summed E-state index contributed by atoms with van der Waals surface area (Å²) in [6.07, 6.45) is 3.52. The Balaban J connectivity index is 1.60. The summed E-state index contributed by atoms with van der Waals surface area (Å²) in [5.74, 6) is 1.96. The highest BCUT2D eigenvalue weighted by Gasteiger charge is 2.19. The summed E-state index contributed by atoms with van der Waals surface area (Å²) in [6, 6.07) is 11.8. The predicted octanol–water partition coefficient (Wildman–Crippen LogP) is 3.67. The third kappa shape index (κ3) is 4.54. The molecule has 0 heterocycles. The van der Waals surface area contributed by atoms with Gasteiger partial charge in [0.15, 0.2) is 17.6 Å². The Kier molecular flexibility index (Phi) is 6.22. The average Bonchev–Trinajstić information content (AvgIpc) is 3.17. The predicted molar refractivity (Wildman–Crippen MR) is 105 cm³/mol. The van der Waals surface area contributed by atoms with Gasteiger partial charge >= 0.3 is 0 Å². The van der Waals surface area contributed by atoms with Gasteiger partial charge in [0.25, 0.3) is 5.91 Å². The molecule has 0 spiro atoms. The Hall–Kier alpha value is -2.69. The normalized spacial score (nSPS) is 13.6. The number of carbonyl (C=O) groups excluding carboxylic acids is 1. The molecule has 0 fully saturated rings. The highest BCUT2D eigenvalue weighted by Crippen LogP contribution is 2.28. The topological polar surface area (TPSA) is 56.8 Å². The SMILES string of the molecule is CC[C@@H](Oc1ccc2c(c1)CCC2)C(=O)NCc1ccc(OC)c(OC)c1. The molecule has 2 aromatic carbocycles. The first-order valence-electron chi connectivity index (χ1n) is 9.41. The zero-order chi connectivity index (χ0) is 19.2. The van der Waals surface area contributed by atoms with Crippen molar-refractivity contribution in [2.75, 3.05) is 14.2 Å². The van der Waals surface area contributed by atoms with Crippen molar-refractivity contribution < 1.29 is 19.0 Å². The van der Waals surface area contributed by atoms with Crippen molar-refractivity contribution in [2.24, 2.45) is 0 Å². The lowest BCUT2D eigenvalue weighted by atomic mass is 10.1. The number of benzene rings is 2. The van der Waals surface area contributed by atoms with Gasteiger partial charge in [-0.05, 0) is 66.6 Å². The van der Waals surface area contributed by atoms with Gasteiger partial charge in [0, 0.05) is 6.54 Å². The van der Waals surface area contributed by atoms with Crippen molar-refractivity contribution in [1.29, 1.82) is 0 Å². The van der Waals surface area contributed by atoms with Crippen LogP contribution in [0, 0.1) is 0 Å². The minimum atomic E-state index is -0.510. The van der Waals surface area contributed by atoms with Crippen LogP contribution in [-0.4, -0.2) is 26.2 Å². The van der Waals surface area contributed by atoms with Gasteiger partial charge in [0.2, 0.25) is 0 Å². The van der Waals surface area contributed by atoms with E-state index in [0.29, 0.717) is 24.5 Å². The van der Waals surface area contributed by atoms with E-state index in [1.807, 2.05) is 31.2 Å². The lowest BCUT2D eigenvalue weighted by Gasteiger charge is -2.18. The fourth-order valence-electron chi connectivity index (χ4n) is 3.40. The second-order valence-electron chi connectivity index (χ2n) is 6.71. The van der Waals surface area contributed by atoms with Crippen LogP contribution in [0.5, 0.6) is 17.2 Å². The number of hydrogen-bond acceptors (Lipinski definition) is 4. The smallest absolute Gasteiger partial charge is 0.261 e. The summed E-state index contributed by atoms with van der Waals surface area (Å²) in [5, 5.41) is 2.95. The second-order valence-corrected chi connectivity index (χ2v) is 6.71. The molecule has 0 aromatic heterocycles. The van der Waals surface area contributed by atoms with Crippen LogP contribution < -0.4 is 19.5 Å². The first kappa shape index (κ1) is 19.1.